The van der Waals surface area contributed by atoms with Gasteiger partial charge in [-0.1, -0.05) is 6.07 Å². The molecule has 5 heteroatoms. The number of hydrogen-bond acceptors (Lipinski definition) is 4. The summed E-state index contributed by atoms with van der Waals surface area (Å²) >= 11 is 1.67. The molecule has 3 rings (SSSR count). The number of nitrogens with one attached hydrogen (secondary N) is 2. The molecule has 0 radical (unpaired) electrons. The van der Waals surface area contributed by atoms with E-state index < -0.39 is 0 Å². The van der Waals surface area contributed by atoms with E-state index in [-0.39, 0.29) is 0 Å². The summed E-state index contributed by atoms with van der Waals surface area (Å²) in [7, 11) is 0. The zero-order valence-electron chi connectivity index (χ0n) is 8.94. The number of aromatic nitrogens is 3. The fourth-order valence-electron chi connectivity index (χ4n) is 2.07. The maximum absolute atomic E-state index is 4.52. The third kappa shape index (κ3) is 2.01. The van der Waals surface area contributed by atoms with Crippen LogP contribution in [0.25, 0.3) is 10.7 Å². The Morgan fingerprint density at radius 3 is 3.25 bits per heavy atom. The normalized spacial score (nSPS) is 20.4. The van der Waals surface area contributed by atoms with Crippen molar-refractivity contribution in [2.45, 2.75) is 25.3 Å². The quantitative estimate of drug-likeness (QED) is 0.852. The second-order valence-electron chi connectivity index (χ2n) is 4.08. The third-order valence-corrected chi connectivity index (χ3v) is 3.74. The summed E-state index contributed by atoms with van der Waals surface area (Å²) in [5, 5.41) is 12.8. The molecule has 0 saturated carbocycles. The van der Waals surface area contributed by atoms with Crippen LogP contribution >= 0.6 is 11.3 Å². The van der Waals surface area contributed by atoms with Crippen LogP contribution in [0.5, 0.6) is 0 Å². The maximum Gasteiger partial charge on any atom is 0.191 e. The van der Waals surface area contributed by atoms with Crippen LogP contribution in [0.2, 0.25) is 0 Å². The van der Waals surface area contributed by atoms with Gasteiger partial charge in [-0.15, -0.1) is 11.3 Å². The molecule has 2 N–H and O–H groups in total. The number of aromatic amines is 1. The van der Waals surface area contributed by atoms with E-state index in [9.17, 15) is 0 Å². The van der Waals surface area contributed by atoms with Crippen LogP contribution in [0.1, 0.15) is 18.7 Å². The number of rotatable bonds is 3. The SMILES string of the molecule is c1csc(-c2n[nH]c(CC3CCCN3)n2)c1. The van der Waals surface area contributed by atoms with Gasteiger partial charge in [0.1, 0.15) is 5.82 Å². The number of H-pyrrole nitrogens is 1. The van der Waals surface area contributed by atoms with Crippen LogP contribution in [-0.2, 0) is 6.42 Å². The van der Waals surface area contributed by atoms with Crippen molar-refractivity contribution in [1.82, 2.24) is 20.5 Å². The molecule has 0 aromatic carbocycles. The minimum atomic E-state index is 0.573. The van der Waals surface area contributed by atoms with E-state index in [4.69, 9.17) is 0 Å². The fourth-order valence-corrected chi connectivity index (χ4v) is 2.72. The maximum atomic E-state index is 4.52. The Labute approximate surface area is 98.1 Å². The molecule has 1 atom stereocenters. The second-order valence-corrected chi connectivity index (χ2v) is 5.03. The van der Waals surface area contributed by atoms with Gasteiger partial charge in [-0.05, 0) is 30.8 Å². The summed E-state index contributed by atoms with van der Waals surface area (Å²) < 4.78 is 0. The highest BCUT2D eigenvalue weighted by atomic mass is 32.1. The van der Waals surface area contributed by atoms with Gasteiger partial charge >= 0.3 is 0 Å². The molecular formula is C11H14N4S. The molecule has 1 saturated heterocycles. The van der Waals surface area contributed by atoms with Crippen LogP contribution in [0.4, 0.5) is 0 Å². The van der Waals surface area contributed by atoms with Crippen molar-refractivity contribution in [2.75, 3.05) is 6.54 Å². The van der Waals surface area contributed by atoms with Crippen molar-refractivity contribution in [3.63, 3.8) is 0 Å². The van der Waals surface area contributed by atoms with Gasteiger partial charge in [-0.25, -0.2) is 4.98 Å². The Morgan fingerprint density at radius 2 is 2.50 bits per heavy atom. The minimum Gasteiger partial charge on any atom is -0.314 e. The standard InChI is InChI=1S/C11H14N4S/c1-3-8(12-5-1)7-10-13-11(15-14-10)9-4-2-6-16-9/h2,4,6,8,12H,1,3,5,7H2,(H,13,14,15). The number of hydrogen-bond donors (Lipinski definition) is 2. The van der Waals surface area contributed by atoms with E-state index in [2.05, 4.69) is 20.5 Å². The highest BCUT2D eigenvalue weighted by Crippen LogP contribution is 2.21. The molecule has 3 heterocycles. The average molecular weight is 234 g/mol. The predicted molar refractivity (Wildman–Crippen MR) is 64.4 cm³/mol. The van der Waals surface area contributed by atoms with Crippen LogP contribution in [0.3, 0.4) is 0 Å². The zero-order valence-corrected chi connectivity index (χ0v) is 9.76. The lowest BCUT2D eigenvalue weighted by atomic mass is 10.1. The van der Waals surface area contributed by atoms with Crippen LogP contribution in [-0.4, -0.2) is 27.8 Å². The first kappa shape index (κ1) is 9.99. The highest BCUT2D eigenvalue weighted by Gasteiger charge is 2.16. The van der Waals surface area contributed by atoms with E-state index >= 15 is 0 Å². The third-order valence-electron chi connectivity index (χ3n) is 2.88. The summed E-state index contributed by atoms with van der Waals surface area (Å²) in [4.78, 5) is 5.65. The van der Waals surface area contributed by atoms with Crippen LogP contribution < -0.4 is 5.32 Å². The van der Waals surface area contributed by atoms with Gasteiger partial charge in [-0.2, -0.15) is 5.10 Å². The van der Waals surface area contributed by atoms with Crippen LogP contribution in [0, 0.1) is 0 Å². The molecule has 1 aliphatic rings. The molecule has 1 fully saturated rings. The van der Waals surface area contributed by atoms with Crippen molar-refractivity contribution in [3.05, 3.63) is 23.3 Å². The Kier molecular flexibility index (Phi) is 2.71. The molecule has 84 valence electrons. The lowest BCUT2D eigenvalue weighted by Crippen LogP contribution is -2.24. The number of nitrogens with zero attached hydrogens (tertiary/aromatic N) is 2. The van der Waals surface area contributed by atoms with Gasteiger partial charge in [0.25, 0.3) is 0 Å². The zero-order chi connectivity index (χ0) is 10.8. The van der Waals surface area contributed by atoms with Crippen molar-refractivity contribution in [2.24, 2.45) is 0 Å². The van der Waals surface area contributed by atoms with Gasteiger partial charge in [0.15, 0.2) is 5.82 Å². The summed E-state index contributed by atoms with van der Waals surface area (Å²) in [6.07, 6.45) is 3.48. The monoisotopic (exact) mass is 234 g/mol. The highest BCUT2D eigenvalue weighted by molar-refractivity contribution is 7.13. The van der Waals surface area contributed by atoms with E-state index in [1.807, 2.05) is 17.5 Å². The van der Waals surface area contributed by atoms with Crippen molar-refractivity contribution < 1.29 is 0 Å². The molecule has 1 unspecified atom stereocenters. The van der Waals surface area contributed by atoms with Crippen molar-refractivity contribution in [3.8, 4) is 10.7 Å². The Balaban J connectivity index is 1.72. The van der Waals surface area contributed by atoms with Gasteiger partial charge in [0.2, 0.25) is 0 Å². The van der Waals surface area contributed by atoms with Crippen LogP contribution in [0.15, 0.2) is 17.5 Å². The lowest BCUT2D eigenvalue weighted by Gasteiger charge is -2.05. The fraction of sp³-hybridized carbons (Fsp3) is 0.455. The molecule has 0 aliphatic carbocycles. The molecule has 1 aliphatic heterocycles. The Morgan fingerprint density at radius 1 is 1.50 bits per heavy atom. The first-order valence-electron chi connectivity index (χ1n) is 5.60. The molecular weight excluding hydrogens is 220 g/mol. The first-order chi connectivity index (χ1) is 7.92. The molecule has 16 heavy (non-hydrogen) atoms. The van der Waals surface area contributed by atoms with E-state index in [1.165, 1.54) is 12.8 Å². The van der Waals surface area contributed by atoms with Gasteiger partial charge in [0, 0.05) is 12.5 Å². The second kappa shape index (κ2) is 4.35. The van der Waals surface area contributed by atoms with Gasteiger partial charge in [-0.3, -0.25) is 5.10 Å². The number of thiophene rings is 1. The van der Waals surface area contributed by atoms with Gasteiger partial charge < -0.3 is 5.32 Å². The average Bonchev–Trinajstić information content (AvgIpc) is 2.99. The lowest BCUT2D eigenvalue weighted by molar-refractivity contribution is 0.586. The molecule has 0 spiro atoms. The van der Waals surface area contributed by atoms with E-state index in [1.54, 1.807) is 11.3 Å². The topological polar surface area (TPSA) is 53.6 Å². The smallest absolute Gasteiger partial charge is 0.191 e. The molecule has 0 bridgehead atoms. The van der Waals surface area contributed by atoms with E-state index in [0.717, 1.165) is 29.5 Å². The van der Waals surface area contributed by atoms with Gasteiger partial charge in [0.05, 0.1) is 4.88 Å². The first-order valence-corrected chi connectivity index (χ1v) is 6.48. The molecule has 2 aromatic rings. The van der Waals surface area contributed by atoms with E-state index in [0.29, 0.717) is 6.04 Å². The predicted octanol–water partition coefficient (Wildman–Crippen LogP) is 1.83. The molecule has 2 aromatic heterocycles. The van der Waals surface area contributed by atoms with Crippen molar-refractivity contribution in [1.29, 1.82) is 0 Å². The van der Waals surface area contributed by atoms with Crippen molar-refractivity contribution >= 4 is 11.3 Å². The summed E-state index contributed by atoms with van der Waals surface area (Å²) in [6, 6.07) is 4.64. The minimum absolute atomic E-state index is 0.573. The Hall–Kier alpha value is -1.20. The molecule has 4 nitrogen and oxygen atoms in total. The summed E-state index contributed by atoms with van der Waals surface area (Å²) in [5.74, 6) is 1.81. The Bertz CT molecular complexity index is 442. The largest absolute Gasteiger partial charge is 0.314 e. The summed E-state index contributed by atoms with van der Waals surface area (Å²) in [5.41, 5.74) is 0. The molecule has 0 amide bonds. The summed E-state index contributed by atoms with van der Waals surface area (Å²) in [6.45, 7) is 1.14.